The van der Waals surface area contributed by atoms with Gasteiger partial charge in [0, 0.05) is 13.7 Å². The molecule has 1 N–H and O–H groups in total. The Labute approximate surface area is 138 Å². The standard InChI is InChI=1S/C12H16N5O4PS/c1-19-22(23,20-5-2-3-13)21-6-4-17-11(8-18)16-10-7-14-9-15-12(10)17/h7,9,18H,2,4-6,8H2,1H3. The van der Waals surface area contributed by atoms with Crippen LogP contribution in [0, 0.1) is 11.3 Å². The Morgan fingerprint density at radius 3 is 2.91 bits per heavy atom. The average molecular weight is 357 g/mol. The van der Waals surface area contributed by atoms with Crippen LogP contribution in [0.3, 0.4) is 0 Å². The molecule has 0 bridgehead atoms. The number of nitrogens with zero attached hydrogens (tertiary/aromatic N) is 5. The quantitative estimate of drug-likeness (QED) is 0.521. The third-order valence-electron chi connectivity index (χ3n) is 2.88. The SMILES string of the molecule is COP(=S)(OCCC#N)OCCn1c(CO)nc2cncnc21. The first-order valence-corrected chi connectivity index (χ1v) is 9.27. The highest BCUT2D eigenvalue weighted by Gasteiger charge is 2.19. The molecule has 0 fully saturated rings. The maximum absolute atomic E-state index is 9.40. The van der Waals surface area contributed by atoms with E-state index in [4.69, 9.17) is 30.6 Å². The van der Waals surface area contributed by atoms with E-state index in [1.54, 1.807) is 10.8 Å². The van der Waals surface area contributed by atoms with E-state index in [1.165, 1.54) is 13.4 Å². The van der Waals surface area contributed by atoms with Gasteiger partial charge < -0.3 is 23.2 Å². The smallest absolute Gasteiger partial charge is 0.326 e. The monoisotopic (exact) mass is 357 g/mol. The number of hydrogen-bond acceptors (Lipinski definition) is 9. The molecule has 0 amide bonds. The maximum atomic E-state index is 9.40. The maximum Gasteiger partial charge on any atom is 0.326 e. The molecular weight excluding hydrogens is 341 g/mol. The average Bonchev–Trinajstić information content (AvgIpc) is 2.93. The summed E-state index contributed by atoms with van der Waals surface area (Å²) in [5, 5.41) is 17.9. The van der Waals surface area contributed by atoms with Crippen molar-refractivity contribution in [1.82, 2.24) is 19.5 Å². The summed E-state index contributed by atoms with van der Waals surface area (Å²) in [5.74, 6) is 0.459. The second-order valence-corrected chi connectivity index (χ2v) is 7.39. The molecule has 0 aliphatic rings. The summed E-state index contributed by atoms with van der Waals surface area (Å²) in [7, 11) is 1.41. The first kappa shape index (κ1) is 17.9. The van der Waals surface area contributed by atoms with Crippen LogP contribution in [0.25, 0.3) is 11.2 Å². The molecule has 2 rings (SSSR count). The molecule has 0 aromatic carbocycles. The zero-order valence-electron chi connectivity index (χ0n) is 12.5. The lowest BCUT2D eigenvalue weighted by atomic mass is 10.5. The van der Waals surface area contributed by atoms with Crippen molar-refractivity contribution in [3.63, 3.8) is 0 Å². The molecule has 0 aliphatic carbocycles. The summed E-state index contributed by atoms with van der Waals surface area (Å²) < 4.78 is 17.7. The molecule has 0 spiro atoms. The lowest BCUT2D eigenvalue weighted by Crippen LogP contribution is -2.10. The summed E-state index contributed by atoms with van der Waals surface area (Å²) in [6, 6.07) is 1.96. The van der Waals surface area contributed by atoms with Gasteiger partial charge in [0.1, 0.15) is 24.3 Å². The largest absolute Gasteiger partial charge is 0.388 e. The number of rotatable bonds is 9. The summed E-state index contributed by atoms with van der Waals surface area (Å²) in [4.78, 5) is 12.3. The van der Waals surface area contributed by atoms with Crippen LogP contribution in [0.4, 0.5) is 0 Å². The van der Waals surface area contributed by atoms with Gasteiger partial charge in [0.25, 0.3) is 0 Å². The lowest BCUT2D eigenvalue weighted by Gasteiger charge is -2.19. The van der Waals surface area contributed by atoms with E-state index in [0.29, 0.717) is 23.5 Å². The summed E-state index contributed by atoms with van der Waals surface area (Å²) in [6.07, 6.45) is 3.19. The van der Waals surface area contributed by atoms with Crippen molar-refractivity contribution in [3.8, 4) is 6.07 Å². The molecule has 1 unspecified atom stereocenters. The highest BCUT2D eigenvalue weighted by Crippen LogP contribution is 2.48. The Kier molecular flexibility index (Phi) is 6.53. The van der Waals surface area contributed by atoms with Crippen molar-refractivity contribution < 1.29 is 18.7 Å². The van der Waals surface area contributed by atoms with Gasteiger partial charge in [-0.25, -0.2) is 15.0 Å². The number of aliphatic hydroxyl groups is 1. The molecule has 0 radical (unpaired) electrons. The minimum atomic E-state index is -2.88. The Morgan fingerprint density at radius 1 is 1.43 bits per heavy atom. The number of hydrogen-bond donors (Lipinski definition) is 1. The van der Waals surface area contributed by atoms with E-state index in [-0.39, 0.29) is 26.2 Å². The summed E-state index contributed by atoms with van der Waals surface area (Å²) in [5.41, 5.74) is 1.19. The van der Waals surface area contributed by atoms with Crippen LogP contribution in [0.2, 0.25) is 0 Å². The zero-order chi connectivity index (χ0) is 16.7. The molecule has 2 aromatic heterocycles. The van der Waals surface area contributed by atoms with Crippen LogP contribution in [-0.4, -0.2) is 44.9 Å². The van der Waals surface area contributed by atoms with Gasteiger partial charge in [-0.05, 0) is 11.8 Å². The Bertz CT molecular complexity index is 747. The van der Waals surface area contributed by atoms with Crippen molar-refractivity contribution in [2.45, 2.75) is 19.6 Å². The van der Waals surface area contributed by atoms with Gasteiger partial charge >= 0.3 is 6.72 Å². The number of nitriles is 1. The van der Waals surface area contributed by atoms with E-state index in [1.807, 2.05) is 6.07 Å². The van der Waals surface area contributed by atoms with Gasteiger partial charge in [-0.15, -0.1) is 0 Å². The topological polar surface area (TPSA) is 115 Å². The fourth-order valence-electron chi connectivity index (χ4n) is 1.87. The minimum Gasteiger partial charge on any atom is -0.388 e. The number of imidazole rings is 1. The van der Waals surface area contributed by atoms with Crippen LogP contribution in [0.1, 0.15) is 12.2 Å². The second-order valence-electron chi connectivity index (χ2n) is 4.27. The van der Waals surface area contributed by atoms with Gasteiger partial charge in [0.2, 0.25) is 0 Å². The van der Waals surface area contributed by atoms with E-state index in [0.717, 1.165) is 0 Å². The minimum absolute atomic E-state index is 0.157. The van der Waals surface area contributed by atoms with Crippen molar-refractivity contribution in [2.75, 3.05) is 20.3 Å². The highest BCUT2D eigenvalue weighted by molar-refractivity contribution is 8.07. The molecule has 0 saturated heterocycles. The number of aromatic nitrogens is 4. The summed E-state index contributed by atoms with van der Waals surface area (Å²) >= 11 is 5.20. The molecule has 9 nitrogen and oxygen atoms in total. The number of aliphatic hydroxyl groups excluding tert-OH is 1. The molecule has 0 saturated carbocycles. The number of fused-ring (bicyclic) bond motifs is 1. The van der Waals surface area contributed by atoms with E-state index in [2.05, 4.69) is 15.0 Å². The summed E-state index contributed by atoms with van der Waals surface area (Å²) in [6.45, 7) is -2.39. The molecule has 0 aliphatic heterocycles. The highest BCUT2D eigenvalue weighted by atomic mass is 32.5. The van der Waals surface area contributed by atoms with Crippen molar-refractivity contribution in [1.29, 1.82) is 5.26 Å². The zero-order valence-corrected chi connectivity index (χ0v) is 14.2. The Morgan fingerprint density at radius 2 is 2.22 bits per heavy atom. The van der Waals surface area contributed by atoms with Crippen molar-refractivity contribution >= 4 is 29.7 Å². The predicted octanol–water partition coefficient (Wildman–Crippen LogP) is 1.14. The van der Waals surface area contributed by atoms with Crippen LogP contribution >= 0.6 is 6.72 Å². The van der Waals surface area contributed by atoms with E-state index < -0.39 is 6.72 Å². The first-order chi connectivity index (χ1) is 11.1. The Balaban J connectivity index is 2.03. The van der Waals surface area contributed by atoms with Gasteiger partial charge in [-0.1, -0.05) is 0 Å². The first-order valence-electron chi connectivity index (χ1n) is 6.71. The van der Waals surface area contributed by atoms with Crippen LogP contribution in [-0.2, 0) is 38.5 Å². The molecule has 1 atom stereocenters. The van der Waals surface area contributed by atoms with E-state index in [9.17, 15) is 5.11 Å². The second kappa shape index (κ2) is 8.40. The van der Waals surface area contributed by atoms with Crippen LogP contribution in [0.5, 0.6) is 0 Å². The molecular formula is C12H16N5O4PS. The molecule has 23 heavy (non-hydrogen) atoms. The third-order valence-corrected chi connectivity index (χ3v) is 5.41. The Hall–Kier alpha value is -1.47. The molecule has 11 heteroatoms. The van der Waals surface area contributed by atoms with Gasteiger partial charge in [0.15, 0.2) is 5.65 Å². The fourth-order valence-corrected chi connectivity index (χ4v) is 3.22. The molecule has 2 heterocycles. The normalized spacial score (nSPS) is 13.8. The lowest BCUT2D eigenvalue weighted by molar-refractivity contribution is 0.174. The fraction of sp³-hybridized carbons (Fsp3) is 0.500. The molecule has 2 aromatic rings. The van der Waals surface area contributed by atoms with Gasteiger partial charge in [-0.2, -0.15) is 5.26 Å². The van der Waals surface area contributed by atoms with Gasteiger partial charge in [0.05, 0.1) is 31.9 Å². The predicted molar refractivity (Wildman–Crippen MR) is 84.7 cm³/mol. The van der Waals surface area contributed by atoms with Crippen molar-refractivity contribution in [3.05, 3.63) is 18.3 Å². The van der Waals surface area contributed by atoms with Gasteiger partial charge in [-0.3, -0.25) is 0 Å². The van der Waals surface area contributed by atoms with Crippen LogP contribution in [0.15, 0.2) is 12.5 Å². The van der Waals surface area contributed by atoms with Crippen molar-refractivity contribution in [2.24, 2.45) is 0 Å². The third kappa shape index (κ3) is 4.51. The molecule has 124 valence electrons. The van der Waals surface area contributed by atoms with Crippen LogP contribution < -0.4 is 0 Å². The van der Waals surface area contributed by atoms with E-state index >= 15 is 0 Å².